The van der Waals surface area contributed by atoms with E-state index in [4.69, 9.17) is 9.73 Å². The van der Waals surface area contributed by atoms with Crippen LogP contribution in [0.3, 0.4) is 0 Å². The van der Waals surface area contributed by atoms with Gasteiger partial charge in [0.05, 0.1) is 13.7 Å². The number of rotatable bonds is 10. The number of methoxy groups -OCH3 is 1. The number of anilines is 1. The summed E-state index contributed by atoms with van der Waals surface area (Å²) < 4.78 is 10.2. The number of nitrogens with zero attached hydrogens (tertiary/aromatic N) is 1. The van der Waals surface area contributed by atoms with Crippen LogP contribution in [0.4, 0.5) is 10.5 Å². The number of hydrogen-bond acceptors (Lipinski definition) is 4. The maximum Gasteiger partial charge on any atom is 0.411 e. The van der Waals surface area contributed by atoms with E-state index in [2.05, 4.69) is 27.6 Å². The monoisotopic (exact) mass is 532 g/mol. The van der Waals surface area contributed by atoms with Crippen LogP contribution in [0.2, 0.25) is 0 Å². The Labute approximate surface area is 197 Å². The van der Waals surface area contributed by atoms with Crippen molar-refractivity contribution in [2.75, 3.05) is 38.7 Å². The Hall–Kier alpha value is -1.55. The van der Waals surface area contributed by atoms with Crippen molar-refractivity contribution < 1.29 is 14.3 Å². The summed E-state index contributed by atoms with van der Waals surface area (Å²) in [5, 5.41) is 9.54. The lowest BCUT2D eigenvalue weighted by Gasteiger charge is -2.30. The van der Waals surface area contributed by atoms with E-state index >= 15 is 0 Å². The largest absolute Gasteiger partial charge is 0.453 e. The molecular weight excluding hydrogens is 495 g/mol. The summed E-state index contributed by atoms with van der Waals surface area (Å²) in [7, 11) is 1.35. The van der Waals surface area contributed by atoms with Crippen LogP contribution in [0.15, 0.2) is 29.3 Å². The number of aliphatic imine (C=N–C) groups is 1. The molecule has 0 bridgehead atoms. The third kappa shape index (κ3) is 9.07. The molecule has 8 heteroatoms. The Bertz CT molecular complexity index is 646. The molecule has 0 aliphatic heterocycles. The van der Waals surface area contributed by atoms with Crippen LogP contribution >= 0.6 is 24.0 Å². The molecule has 0 spiro atoms. The summed E-state index contributed by atoms with van der Waals surface area (Å²) in [6.45, 7) is 8.05. The lowest BCUT2D eigenvalue weighted by atomic mass is 9.83. The highest BCUT2D eigenvalue weighted by molar-refractivity contribution is 14.0. The van der Waals surface area contributed by atoms with Gasteiger partial charge in [-0.05, 0) is 56.2 Å². The average molecular weight is 532 g/mol. The fraction of sp³-hybridized carbons (Fsp3) is 0.636. The molecule has 7 nitrogen and oxygen atoms in total. The highest BCUT2D eigenvalue weighted by Gasteiger charge is 2.33. The quantitative estimate of drug-likeness (QED) is 0.179. The van der Waals surface area contributed by atoms with Gasteiger partial charge in [0.25, 0.3) is 0 Å². The first-order chi connectivity index (χ1) is 14.1. The van der Waals surface area contributed by atoms with Crippen molar-refractivity contribution in [2.24, 2.45) is 10.4 Å². The number of hydrogen-bond donors (Lipinski definition) is 3. The second kappa shape index (κ2) is 14.5. The maximum atomic E-state index is 11.3. The van der Waals surface area contributed by atoms with Gasteiger partial charge in [-0.1, -0.05) is 25.0 Å². The number of ether oxygens (including phenoxy) is 2. The molecule has 1 amide bonds. The highest BCUT2D eigenvalue weighted by atomic mass is 127. The Morgan fingerprint density at radius 1 is 1.13 bits per heavy atom. The lowest BCUT2D eigenvalue weighted by Crippen LogP contribution is -2.43. The van der Waals surface area contributed by atoms with Crippen LogP contribution < -0.4 is 16.0 Å². The number of carbonyl (C=O) groups is 1. The van der Waals surface area contributed by atoms with Gasteiger partial charge < -0.3 is 20.1 Å². The van der Waals surface area contributed by atoms with Gasteiger partial charge in [-0.2, -0.15) is 0 Å². The van der Waals surface area contributed by atoms with E-state index in [1.54, 1.807) is 0 Å². The van der Waals surface area contributed by atoms with E-state index in [0.717, 1.165) is 44.2 Å². The van der Waals surface area contributed by atoms with Gasteiger partial charge in [-0.3, -0.25) is 5.32 Å². The van der Waals surface area contributed by atoms with E-state index in [1.807, 2.05) is 31.2 Å². The van der Waals surface area contributed by atoms with E-state index < -0.39 is 6.09 Å². The lowest BCUT2D eigenvalue weighted by molar-refractivity contribution is 0.105. The molecule has 170 valence electrons. The molecule has 0 unspecified atom stereocenters. The zero-order valence-electron chi connectivity index (χ0n) is 18.5. The average Bonchev–Trinajstić information content (AvgIpc) is 3.20. The topological polar surface area (TPSA) is 84.0 Å². The minimum Gasteiger partial charge on any atom is -0.453 e. The molecule has 3 N–H and O–H groups in total. The van der Waals surface area contributed by atoms with Gasteiger partial charge in [0.1, 0.15) is 0 Å². The van der Waals surface area contributed by atoms with Gasteiger partial charge in [-0.15, -0.1) is 24.0 Å². The predicted molar refractivity (Wildman–Crippen MR) is 133 cm³/mol. The Balaban J connectivity index is 0.00000450. The van der Waals surface area contributed by atoms with Crippen LogP contribution in [-0.4, -0.2) is 45.5 Å². The summed E-state index contributed by atoms with van der Waals surface area (Å²) in [5.41, 5.74) is 2.09. The Kier molecular flexibility index (Phi) is 12.8. The van der Waals surface area contributed by atoms with Gasteiger partial charge in [0.15, 0.2) is 5.96 Å². The minimum atomic E-state index is -0.473. The number of benzene rings is 1. The first kappa shape index (κ1) is 26.5. The van der Waals surface area contributed by atoms with Crippen LogP contribution in [0, 0.1) is 5.41 Å². The molecule has 2 rings (SSSR count). The summed E-state index contributed by atoms with van der Waals surface area (Å²) in [6.07, 6.45) is 5.73. The molecule has 1 aliphatic carbocycles. The second-order valence-electron chi connectivity index (χ2n) is 7.52. The SMILES string of the molecule is CCNC(=NCc1ccc(NC(=O)OC)cc1)NCC1(CCOCC)CCCC1.I. The van der Waals surface area contributed by atoms with Crippen LogP contribution in [-0.2, 0) is 16.0 Å². The summed E-state index contributed by atoms with van der Waals surface area (Å²) in [5.74, 6) is 0.840. The number of guanidine groups is 1. The molecule has 0 atom stereocenters. The number of amides is 1. The third-order valence-electron chi connectivity index (χ3n) is 5.43. The van der Waals surface area contributed by atoms with Crippen molar-refractivity contribution in [3.05, 3.63) is 29.8 Å². The molecule has 0 radical (unpaired) electrons. The van der Waals surface area contributed by atoms with Crippen molar-refractivity contribution in [3.63, 3.8) is 0 Å². The standard InChI is InChI=1S/C22H36N4O3.HI/c1-4-23-20(25-17-22(12-6-7-13-22)14-15-29-5-2)24-16-18-8-10-19(11-9-18)26-21(27)28-3;/h8-11H,4-7,12-17H2,1-3H3,(H,26,27)(H2,23,24,25);1H. The molecular formula is C22H37IN4O3. The zero-order chi connectivity index (χ0) is 21.0. The Morgan fingerprint density at radius 3 is 2.43 bits per heavy atom. The van der Waals surface area contributed by atoms with Gasteiger partial charge >= 0.3 is 6.09 Å². The van der Waals surface area contributed by atoms with E-state index in [-0.39, 0.29) is 24.0 Å². The molecule has 0 aromatic heterocycles. The van der Waals surface area contributed by atoms with Gasteiger partial charge in [-0.25, -0.2) is 9.79 Å². The van der Waals surface area contributed by atoms with Gasteiger partial charge in [0.2, 0.25) is 0 Å². The van der Waals surface area contributed by atoms with Crippen LogP contribution in [0.1, 0.15) is 51.5 Å². The maximum absolute atomic E-state index is 11.3. The van der Waals surface area contributed by atoms with E-state index in [1.165, 1.54) is 32.8 Å². The zero-order valence-corrected chi connectivity index (χ0v) is 20.8. The smallest absolute Gasteiger partial charge is 0.411 e. The summed E-state index contributed by atoms with van der Waals surface area (Å²) >= 11 is 0. The van der Waals surface area contributed by atoms with Crippen molar-refractivity contribution >= 4 is 41.7 Å². The molecule has 1 aromatic carbocycles. The van der Waals surface area contributed by atoms with Crippen LogP contribution in [0.25, 0.3) is 0 Å². The molecule has 1 aliphatic rings. The molecule has 1 saturated carbocycles. The number of nitrogens with one attached hydrogen (secondary N) is 3. The van der Waals surface area contributed by atoms with E-state index in [9.17, 15) is 4.79 Å². The highest BCUT2D eigenvalue weighted by Crippen LogP contribution is 2.40. The summed E-state index contributed by atoms with van der Waals surface area (Å²) in [4.78, 5) is 16.0. The number of carbonyl (C=O) groups excluding carboxylic acids is 1. The second-order valence-corrected chi connectivity index (χ2v) is 7.52. The fourth-order valence-corrected chi connectivity index (χ4v) is 3.72. The first-order valence-corrected chi connectivity index (χ1v) is 10.6. The molecule has 30 heavy (non-hydrogen) atoms. The van der Waals surface area contributed by atoms with Crippen molar-refractivity contribution in [1.29, 1.82) is 0 Å². The predicted octanol–water partition coefficient (Wildman–Crippen LogP) is 4.53. The Morgan fingerprint density at radius 2 is 1.83 bits per heavy atom. The van der Waals surface area contributed by atoms with E-state index in [0.29, 0.717) is 17.6 Å². The number of halogens is 1. The normalized spacial score (nSPS) is 15.2. The fourth-order valence-electron chi connectivity index (χ4n) is 3.72. The van der Waals surface area contributed by atoms with Crippen molar-refractivity contribution in [3.8, 4) is 0 Å². The van der Waals surface area contributed by atoms with Crippen molar-refractivity contribution in [1.82, 2.24) is 10.6 Å². The molecule has 0 heterocycles. The van der Waals surface area contributed by atoms with Crippen molar-refractivity contribution in [2.45, 2.75) is 52.5 Å². The van der Waals surface area contributed by atoms with Crippen LogP contribution in [0.5, 0.6) is 0 Å². The third-order valence-corrected chi connectivity index (χ3v) is 5.43. The molecule has 0 saturated heterocycles. The molecule has 1 aromatic rings. The minimum absolute atomic E-state index is 0. The summed E-state index contributed by atoms with van der Waals surface area (Å²) in [6, 6.07) is 7.62. The first-order valence-electron chi connectivity index (χ1n) is 10.6. The van der Waals surface area contributed by atoms with Gasteiger partial charge in [0, 0.05) is 32.0 Å². The molecule has 1 fully saturated rings.